The second-order valence-electron chi connectivity index (χ2n) is 5.02. The average molecular weight is 279 g/mol. The number of halogens is 1. The monoisotopic (exact) mass is 278 g/mol. The molecular formula is C13H17ClN5+. The van der Waals surface area contributed by atoms with Crippen LogP contribution >= 0.6 is 11.6 Å². The second-order valence-corrected chi connectivity index (χ2v) is 5.46. The Morgan fingerprint density at radius 3 is 2.68 bits per heavy atom. The van der Waals surface area contributed by atoms with E-state index in [2.05, 4.69) is 19.8 Å². The van der Waals surface area contributed by atoms with Crippen molar-refractivity contribution in [1.29, 1.82) is 0 Å². The summed E-state index contributed by atoms with van der Waals surface area (Å²) in [6.45, 7) is 2.13. The molecular weight excluding hydrogens is 262 g/mol. The van der Waals surface area contributed by atoms with Gasteiger partial charge in [0.25, 0.3) is 0 Å². The fraction of sp³-hybridized carbons (Fsp3) is 0.462. The lowest BCUT2D eigenvalue weighted by Crippen LogP contribution is -2.40. The van der Waals surface area contributed by atoms with E-state index in [1.165, 1.54) is 12.8 Å². The quantitative estimate of drug-likeness (QED) is 0.418. The van der Waals surface area contributed by atoms with Gasteiger partial charge in [-0.15, -0.1) is 5.10 Å². The lowest BCUT2D eigenvalue weighted by atomic mass is 10.3. The summed E-state index contributed by atoms with van der Waals surface area (Å²) < 4.78 is 3.97. The van der Waals surface area contributed by atoms with E-state index in [0.717, 1.165) is 30.1 Å². The number of fused-ring (bicyclic) bond motifs is 1. The summed E-state index contributed by atoms with van der Waals surface area (Å²) in [7, 11) is 4.07. The molecule has 1 aliphatic heterocycles. The smallest absolute Gasteiger partial charge is 0.268 e. The maximum absolute atomic E-state index is 6.09. The van der Waals surface area contributed by atoms with Crippen molar-refractivity contribution in [3.63, 3.8) is 0 Å². The molecule has 0 amide bonds. The van der Waals surface area contributed by atoms with Gasteiger partial charge in [0.2, 0.25) is 0 Å². The SMILES string of the molecule is C[N+](C)=C(N1CCCC1)n1nnc2ccc(Cl)cc21. The first-order chi connectivity index (χ1) is 9.16. The number of likely N-dealkylation sites (tertiary alicyclic amines) is 1. The first-order valence-corrected chi connectivity index (χ1v) is 6.85. The predicted molar refractivity (Wildman–Crippen MR) is 75.9 cm³/mol. The molecule has 0 saturated carbocycles. The summed E-state index contributed by atoms with van der Waals surface area (Å²) in [6.07, 6.45) is 2.45. The number of benzene rings is 1. The Morgan fingerprint density at radius 2 is 2.00 bits per heavy atom. The van der Waals surface area contributed by atoms with Crippen molar-refractivity contribution in [3.05, 3.63) is 23.2 Å². The van der Waals surface area contributed by atoms with Crippen LogP contribution < -0.4 is 0 Å². The van der Waals surface area contributed by atoms with Gasteiger partial charge in [-0.3, -0.25) is 9.48 Å². The van der Waals surface area contributed by atoms with Gasteiger partial charge in [-0.25, -0.2) is 0 Å². The molecule has 2 aromatic rings. The van der Waals surface area contributed by atoms with E-state index in [1.54, 1.807) is 0 Å². The largest absolute Gasteiger partial charge is 0.380 e. The summed E-state index contributed by atoms with van der Waals surface area (Å²) in [4.78, 5) is 2.34. The number of rotatable bonds is 0. The predicted octanol–water partition coefficient (Wildman–Crippen LogP) is 1.66. The highest BCUT2D eigenvalue weighted by Crippen LogP contribution is 2.18. The maximum Gasteiger partial charge on any atom is 0.380 e. The highest BCUT2D eigenvalue weighted by Gasteiger charge is 2.28. The normalized spacial score (nSPS) is 15.2. The number of hydrogen-bond acceptors (Lipinski definition) is 2. The van der Waals surface area contributed by atoms with Gasteiger partial charge in [0.1, 0.15) is 5.52 Å². The van der Waals surface area contributed by atoms with Gasteiger partial charge in [-0.2, -0.15) is 0 Å². The Kier molecular flexibility index (Phi) is 3.14. The van der Waals surface area contributed by atoms with Gasteiger partial charge in [0.15, 0.2) is 5.52 Å². The van der Waals surface area contributed by atoms with Gasteiger partial charge in [0.05, 0.1) is 27.2 Å². The molecule has 1 aliphatic rings. The lowest BCUT2D eigenvalue weighted by molar-refractivity contribution is -0.472. The zero-order valence-corrected chi connectivity index (χ0v) is 11.9. The summed E-state index contributed by atoms with van der Waals surface area (Å²) in [5.41, 5.74) is 1.81. The Balaban J connectivity index is 2.15. The van der Waals surface area contributed by atoms with Gasteiger partial charge in [-0.1, -0.05) is 16.3 Å². The molecule has 2 heterocycles. The van der Waals surface area contributed by atoms with Crippen LogP contribution in [0.1, 0.15) is 12.8 Å². The van der Waals surface area contributed by atoms with Crippen molar-refractivity contribution in [2.75, 3.05) is 27.2 Å². The standard InChI is InChI=1S/C13H17ClN5/c1-17(2)13(18-7-3-4-8-18)19-12-9-10(14)5-6-11(12)15-16-19/h5-6,9H,3-4,7-8H2,1-2H3/q+1. The fourth-order valence-electron chi connectivity index (χ4n) is 2.56. The van der Waals surface area contributed by atoms with Gasteiger partial charge >= 0.3 is 5.96 Å². The highest BCUT2D eigenvalue weighted by molar-refractivity contribution is 6.31. The third-order valence-electron chi connectivity index (χ3n) is 3.39. The van der Waals surface area contributed by atoms with Gasteiger partial charge in [-0.05, 0) is 25.0 Å². The van der Waals surface area contributed by atoms with Crippen LogP contribution in [0.4, 0.5) is 0 Å². The van der Waals surface area contributed by atoms with Crippen LogP contribution in [0.3, 0.4) is 0 Å². The minimum atomic E-state index is 0.704. The molecule has 0 spiro atoms. The van der Waals surface area contributed by atoms with E-state index in [4.69, 9.17) is 11.6 Å². The zero-order valence-electron chi connectivity index (χ0n) is 11.2. The molecule has 3 rings (SSSR count). The van der Waals surface area contributed by atoms with Crippen molar-refractivity contribution in [3.8, 4) is 0 Å². The molecule has 0 atom stereocenters. The zero-order chi connectivity index (χ0) is 13.4. The van der Waals surface area contributed by atoms with E-state index in [1.807, 2.05) is 37.0 Å². The van der Waals surface area contributed by atoms with E-state index in [9.17, 15) is 0 Å². The first-order valence-electron chi connectivity index (χ1n) is 6.47. The number of aromatic nitrogens is 3. The average Bonchev–Trinajstić information content (AvgIpc) is 3.00. The van der Waals surface area contributed by atoms with Crippen LogP contribution in [0.2, 0.25) is 5.02 Å². The van der Waals surface area contributed by atoms with Gasteiger partial charge < -0.3 is 0 Å². The molecule has 5 nitrogen and oxygen atoms in total. The maximum atomic E-state index is 6.09. The first kappa shape index (κ1) is 12.4. The van der Waals surface area contributed by atoms with Crippen molar-refractivity contribution in [2.24, 2.45) is 0 Å². The number of nitrogens with zero attached hydrogens (tertiary/aromatic N) is 5. The van der Waals surface area contributed by atoms with Crippen molar-refractivity contribution in [1.82, 2.24) is 19.9 Å². The third-order valence-corrected chi connectivity index (χ3v) is 3.62. The molecule has 1 fully saturated rings. The van der Waals surface area contributed by atoms with Crippen LogP contribution in [0.5, 0.6) is 0 Å². The molecule has 1 aromatic heterocycles. The van der Waals surface area contributed by atoms with Gasteiger partial charge in [0, 0.05) is 16.3 Å². The molecule has 0 bridgehead atoms. The molecule has 0 radical (unpaired) electrons. The molecule has 1 saturated heterocycles. The van der Waals surface area contributed by atoms with Crippen molar-refractivity contribution in [2.45, 2.75) is 12.8 Å². The Morgan fingerprint density at radius 1 is 1.26 bits per heavy atom. The fourth-order valence-corrected chi connectivity index (χ4v) is 2.73. The molecule has 1 aromatic carbocycles. The van der Waals surface area contributed by atoms with Crippen LogP contribution in [-0.4, -0.2) is 57.6 Å². The summed E-state index contributed by atoms with van der Waals surface area (Å²) >= 11 is 6.09. The van der Waals surface area contributed by atoms with Crippen LogP contribution in [0, 0.1) is 0 Å². The highest BCUT2D eigenvalue weighted by atomic mass is 35.5. The molecule has 6 heteroatoms. The van der Waals surface area contributed by atoms with E-state index in [0.29, 0.717) is 5.02 Å². The summed E-state index contributed by atoms with van der Waals surface area (Å²) in [5, 5.41) is 9.21. The van der Waals surface area contributed by atoms with Crippen LogP contribution in [-0.2, 0) is 0 Å². The molecule has 0 aliphatic carbocycles. The van der Waals surface area contributed by atoms with Crippen molar-refractivity contribution < 1.29 is 4.58 Å². The lowest BCUT2D eigenvalue weighted by Gasteiger charge is -2.14. The second kappa shape index (κ2) is 4.81. The Bertz CT molecular complexity index is 636. The van der Waals surface area contributed by atoms with E-state index in [-0.39, 0.29) is 0 Å². The Hall–Kier alpha value is -1.62. The van der Waals surface area contributed by atoms with E-state index >= 15 is 0 Å². The third kappa shape index (κ3) is 2.18. The topological polar surface area (TPSA) is 37.0 Å². The molecule has 0 N–H and O–H groups in total. The Labute approximate surface area is 117 Å². The van der Waals surface area contributed by atoms with E-state index < -0.39 is 0 Å². The minimum Gasteiger partial charge on any atom is -0.268 e. The van der Waals surface area contributed by atoms with Crippen LogP contribution in [0.15, 0.2) is 18.2 Å². The van der Waals surface area contributed by atoms with Crippen LogP contribution in [0.25, 0.3) is 11.0 Å². The number of hydrogen-bond donors (Lipinski definition) is 0. The minimum absolute atomic E-state index is 0.704. The summed E-state index contributed by atoms with van der Waals surface area (Å²) in [5.74, 6) is 1.06. The van der Waals surface area contributed by atoms with Crippen molar-refractivity contribution >= 4 is 28.6 Å². The molecule has 0 unspecified atom stereocenters. The molecule has 19 heavy (non-hydrogen) atoms. The summed E-state index contributed by atoms with van der Waals surface area (Å²) in [6, 6.07) is 5.66. The molecule has 100 valence electrons.